The Morgan fingerprint density at radius 1 is 0.484 bits per heavy atom. The normalized spacial score (nSPS) is 21.6. The summed E-state index contributed by atoms with van der Waals surface area (Å²) in [7, 11) is 0. The maximum atomic E-state index is 6.55. The molecule has 0 aliphatic heterocycles. The van der Waals surface area contributed by atoms with Crippen molar-refractivity contribution < 1.29 is 0 Å². The van der Waals surface area contributed by atoms with Crippen LogP contribution in [-0.2, 0) is 10.8 Å². The number of hydrogen-bond acceptors (Lipinski definition) is 0. The average molecular weight is 425 g/mol. The van der Waals surface area contributed by atoms with E-state index < -0.39 is 0 Å². The summed E-state index contributed by atoms with van der Waals surface area (Å²) in [6.45, 7) is 0. The van der Waals surface area contributed by atoms with Crippen LogP contribution in [0.1, 0.15) is 86.5 Å². The van der Waals surface area contributed by atoms with Crippen molar-refractivity contribution >= 4 is 11.6 Å². The Morgan fingerprint density at radius 3 is 1.65 bits per heavy atom. The highest BCUT2D eigenvalue weighted by molar-refractivity contribution is 6.30. The number of rotatable bonds is 0. The molecule has 1 heteroatoms. The van der Waals surface area contributed by atoms with Crippen molar-refractivity contribution in [3.63, 3.8) is 0 Å². The number of hydrogen-bond donors (Lipinski definition) is 0. The molecule has 0 saturated heterocycles. The Balaban J connectivity index is 1.54. The number of benzene rings is 3. The summed E-state index contributed by atoms with van der Waals surface area (Å²) in [5.74, 6) is 0. The molecule has 2 spiro atoms. The van der Waals surface area contributed by atoms with Crippen molar-refractivity contribution in [2.75, 3.05) is 0 Å². The number of halogens is 1. The van der Waals surface area contributed by atoms with Gasteiger partial charge in [0.25, 0.3) is 0 Å². The van der Waals surface area contributed by atoms with E-state index in [1.165, 1.54) is 92.0 Å². The third kappa shape index (κ3) is 2.33. The van der Waals surface area contributed by atoms with E-state index in [1.807, 2.05) is 0 Å². The second-order valence-corrected chi connectivity index (χ2v) is 10.9. The zero-order chi connectivity index (χ0) is 20.6. The topological polar surface area (TPSA) is 0 Å². The molecule has 0 amide bonds. The maximum absolute atomic E-state index is 6.55. The lowest BCUT2D eigenvalue weighted by Crippen LogP contribution is -2.29. The van der Waals surface area contributed by atoms with Crippen LogP contribution in [0.25, 0.3) is 22.3 Å². The summed E-state index contributed by atoms with van der Waals surface area (Å²) < 4.78 is 0. The standard InChI is InChI=1S/C30H29Cl/c31-20-11-12-22-24-19-27-23(18-28(24)30(26(22)17-20)15-7-2-8-16-30)21-9-3-4-10-25(21)29(27)13-5-1-6-14-29/h3-4,9-12,17-19H,1-2,5-8,13-16H2. The van der Waals surface area contributed by atoms with Gasteiger partial charge >= 0.3 is 0 Å². The average Bonchev–Trinajstić information content (AvgIpc) is 3.22. The lowest BCUT2D eigenvalue weighted by Gasteiger charge is -2.37. The molecule has 0 atom stereocenters. The van der Waals surface area contributed by atoms with E-state index in [4.69, 9.17) is 11.6 Å². The third-order valence-corrected chi connectivity index (χ3v) is 9.36. The van der Waals surface area contributed by atoms with E-state index in [0.717, 1.165) is 5.02 Å². The highest BCUT2D eigenvalue weighted by Gasteiger charge is 2.48. The molecule has 31 heavy (non-hydrogen) atoms. The SMILES string of the molecule is Clc1ccc2c(c1)C1(CCCCC1)c1cc3c(cc1-2)C1(CCCCC1)c1ccccc1-3. The molecule has 156 valence electrons. The summed E-state index contributed by atoms with van der Waals surface area (Å²) in [5, 5.41) is 0.887. The van der Waals surface area contributed by atoms with Crippen molar-refractivity contribution in [1.29, 1.82) is 0 Å². The second-order valence-electron chi connectivity index (χ2n) is 10.5. The van der Waals surface area contributed by atoms with Crippen molar-refractivity contribution in [2.24, 2.45) is 0 Å². The molecule has 0 aromatic heterocycles. The molecule has 0 nitrogen and oxygen atoms in total. The summed E-state index contributed by atoms with van der Waals surface area (Å²) in [6.07, 6.45) is 13.2. The summed E-state index contributed by atoms with van der Waals surface area (Å²) in [6, 6.07) is 21.3. The van der Waals surface area contributed by atoms with Gasteiger partial charge < -0.3 is 0 Å². The van der Waals surface area contributed by atoms with Gasteiger partial charge in [-0.2, -0.15) is 0 Å². The van der Waals surface area contributed by atoms with Crippen LogP contribution in [0.15, 0.2) is 54.6 Å². The van der Waals surface area contributed by atoms with Gasteiger partial charge in [-0.15, -0.1) is 0 Å². The van der Waals surface area contributed by atoms with Crippen LogP contribution in [0.4, 0.5) is 0 Å². The minimum atomic E-state index is 0.167. The molecule has 4 aliphatic rings. The molecule has 0 N–H and O–H groups in total. The van der Waals surface area contributed by atoms with Gasteiger partial charge in [0.1, 0.15) is 0 Å². The van der Waals surface area contributed by atoms with Gasteiger partial charge in [-0.25, -0.2) is 0 Å². The van der Waals surface area contributed by atoms with Crippen molar-refractivity contribution in [2.45, 2.75) is 75.0 Å². The minimum absolute atomic E-state index is 0.167. The summed E-state index contributed by atoms with van der Waals surface area (Å²) >= 11 is 6.55. The van der Waals surface area contributed by atoms with Gasteiger partial charge in [-0.3, -0.25) is 0 Å². The van der Waals surface area contributed by atoms with Crippen LogP contribution in [0.2, 0.25) is 5.02 Å². The molecule has 3 aromatic carbocycles. The molecule has 2 fully saturated rings. The van der Waals surface area contributed by atoms with Crippen molar-refractivity contribution in [1.82, 2.24) is 0 Å². The predicted molar refractivity (Wildman–Crippen MR) is 130 cm³/mol. The van der Waals surface area contributed by atoms with Gasteiger partial charge in [-0.1, -0.05) is 80.5 Å². The van der Waals surface area contributed by atoms with Crippen LogP contribution in [0, 0.1) is 0 Å². The van der Waals surface area contributed by atoms with Gasteiger partial charge in [0.15, 0.2) is 0 Å². The molecule has 0 heterocycles. The lowest BCUT2D eigenvalue weighted by molar-refractivity contribution is 0.350. The van der Waals surface area contributed by atoms with Crippen LogP contribution in [-0.4, -0.2) is 0 Å². The van der Waals surface area contributed by atoms with Gasteiger partial charge in [0.05, 0.1) is 0 Å². The van der Waals surface area contributed by atoms with E-state index in [2.05, 4.69) is 54.6 Å². The Hall–Kier alpha value is -2.05. The van der Waals surface area contributed by atoms with E-state index in [-0.39, 0.29) is 10.8 Å². The molecule has 0 bridgehead atoms. The van der Waals surface area contributed by atoms with Crippen LogP contribution in [0.5, 0.6) is 0 Å². The Morgan fingerprint density at radius 2 is 1.00 bits per heavy atom. The fourth-order valence-electron chi connectivity index (χ4n) is 7.80. The smallest absolute Gasteiger partial charge is 0.0409 e. The predicted octanol–water partition coefficient (Wildman–Crippen LogP) is 8.80. The Kier molecular flexibility index (Phi) is 3.87. The zero-order valence-corrected chi connectivity index (χ0v) is 18.9. The molecule has 2 saturated carbocycles. The molecule has 4 aliphatic carbocycles. The van der Waals surface area contributed by atoms with Gasteiger partial charge in [0.2, 0.25) is 0 Å². The van der Waals surface area contributed by atoms with E-state index in [0.29, 0.717) is 0 Å². The van der Waals surface area contributed by atoms with E-state index >= 15 is 0 Å². The van der Waals surface area contributed by atoms with Crippen LogP contribution in [0.3, 0.4) is 0 Å². The fraction of sp³-hybridized carbons (Fsp3) is 0.400. The van der Waals surface area contributed by atoms with E-state index in [1.54, 1.807) is 16.7 Å². The number of fused-ring (bicyclic) bond motifs is 10. The first-order chi connectivity index (χ1) is 15.2. The lowest BCUT2D eigenvalue weighted by atomic mass is 9.66. The maximum Gasteiger partial charge on any atom is 0.0409 e. The summed E-state index contributed by atoms with van der Waals surface area (Å²) in [5.41, 5.74) is 12.7. The molecule has 0 radical (unpaired) electrons. The second kappa shape index (κ2) is 6.48. The fourth-order valence-corrected chi connectivity index (χ4v) is 7.97. The van der Waals surface area contributed by atoms with Gasteiger partial charge in [-0.05, 0) is 94.5 Å². The van der Waals surface area contributed by atoms with Crippen LogP contribution >= 0.6 is 11.6 Å². The van der Waals surface area contributed by atoms with E-state index in [9.17, 15) is 0 Å². The third-order valence-electron chi connectivity index (χ3n) is 9.12. The van der Waals surface area contributed by atoms with Crippen molar-refractivity contribution in [3.05, 3.63) is 81.9 Å². The van der Waals surface area contributed by atoms with Crippen LogP contribution < -0.4 is 0 Å². The highest BCUT2D eigenvalue weighted by Crippen LogP contribution is 2.62. The summed E-state index contributed by atoms with van der Waals surface area (Å²) in [4.78, 5) is 0. The quantitative estimate of drug-likeness (QED) is 0.338. The highest BCUT2D eigenvalue weighted by atomic mass is 35.5. The Bertz CT molecular complexity index is 1210. The first-order valence-corrected chi connectivity index (χ1v) is 12.7. The molecule has 7 rings (SSSR count). The monoisotopic (exact) mass is 424 g/mol. The van der Waals surface area contributed by atoms with Crippen molar-refractivity contribution in [3.8, 4) is 22.3 Å². The molecular formula is C30H29Cl. The molecular weight excluding hydrogens is 396 g/mol. The van der Waals surface area contributed by atoms with Gasteiger partial charge in [0, 0.05) is 15.9 Å². The largest absolute Gasteiger partial charge is 0.0843 e. The first kappa shape index (κ1) is 18.5. The molecule has 3 aromatic rings. The molecule has 0 unspecified atom stereocenters. The minimum Gasteiger partial charge on any atom is -0.0843 e. The Labute approximate surface area is 190 Å². The zero-order valence-electron chi connectivity index (χ0n) is 18.1. The first-order valence-electron chi connectivity index (χ1n) is 12.3.